The first-order valence-electron chi connectivity index (χ1n) is 8.71. The van der Waals surface area contributed by atoms with Gasteiger partial charge in [-0.15, -0.1) is 11.3 Å². The van der Waals surface area contributed by atoms with Crippen LogP contribution in [0.5, 0.6) is 0 Å². The van der Waals surface area contributed by atoms with E-state index < -0.39 is 0 Å². The molecule has 0 unspecified atom stereocenters. The fourth-order valence-electron chi connectivity index (χ4n) is 3.43. The van der Waals surface area contributed by atoms with E-state index in [9.17, 15) is 4.79 Å². The van der Waals surface area contributed by atoms with E-state index in [1.165, 1.54) is 0 Å². The number of hydrogen-bond donors (Lipinski definition) is 0. The van der Waals surface area contributed by atoms with Crippen molar-refractivity contribution in [2.75, 3.05) is 32.8 Å². The minimum absolute atomic E-state index is 0.0134. The van der Waals surface area contributed by atoms with Crippen LogP contribution in [0.4, 0.5) is 0 Å². The van der Waals surface area contributed by atoms with Gasteiger partial charge in [0.25, 0.3) is 5.91 Å². The Balaban J connectivity index is 1.50. The molecule has 4 heterocycles. The number of morpholine rings is 1. The Morgan fingerprint density at radius 3 is 2.80 bits per heavy atom. The summed E-state index contributed by atoms with van der Waals surface area (Å²) < 4.78 is 7.45. The minimum Gasteiger partial charge on any atom is -0.378 e. The van der Waals surface area contributed by atoms with Crippen molar-refractivity contribution in [1.29, 1.82) is 0 Å². The smallest absolute Gasteiger partial charge is 0.274 e. The number of amides is 1. The third kappa shape index (κ3) is 3.33. The zero-order chi connectivity index (χ0) is 17.4. The first kappa shape index (κ1) is 16.7. The number of hydrogen-bond acceptors (Lipinski definition) is 6. The van der Waals surface area contributed by atoms with Crippen LogP contribution in [0.25, 0.3) is 0 Å². The third-order valence-electron chi connectivity index (χ3n) is 4.88. The Morgan fingerprint density at radius 1 is 1.28 bits per heavy atom. The predicted molar refractivity (Wildman–Crippen MR) is 94.6 cm³/mol. The molecule has 0 spiro atoms. The van der Waals surface area contributed by atoms with Crippen LogP contribution in [0, 0.1) is 6.92 Å². The van der Waals surface area contributed by atoms with Crippen molar-refractivity contribution in [2.45, 2.75) is 33.0 Å². The number of ether oxygens (including phenoxy) is 1. The lowest BCUT2D eigenvalue weighted by Gasteiger charge is -2.32. The second kappa shape index (κ2) is 6.86. The molecule has 134 valence electrons. The lowest BCUT2D eigenvalue weighted by atomic mass is 10.2. The van der Waals surface area contributed by atoms with Gasteiger partial charge in [-0.25, -0.2) is 9.97 Å². The van der Waals surface area contributed by atoms with Gasteiger partial charge in [0.1, 0.15) is 16.5 Å². The molecule has 2 aromatic heterocycles. The standard InChI is InChI=1S/C17H23N5O2S/c1-12-11-25-15(18-12)10-21-3-4-22-9-14(19-16(22)13(21)2)17(23)20-5-7-24-8-6-20/h9,11,13H,3-8,10H2,1-2H3/t13-/m0/s1. The van der Waals surface area contributed by atoms with Crippen LogP contribution in [-0.2, 0) is 17.8 Å². The molecule has 1 atom stereocenters. The Hall–Kier alpha value is -1.77. The largest absolute Gasteiger partial charge is 0.378 e. The van der Waals surface area contributed by atoms with Crippen molar-refractivity contribution < 1.29 is 9.53 Å². The highest BCUT2D eigenvalue weighted by molar-refractivity contribution is 7.09. The normalized spacial score (nSPS) is 21.4. The maximum Gasteiger partial charge on any atom is 0.274 e. The number of thiazole rings is 1. The molecule has 2 aliphatic heterocycles. The highest BCUT2D eigenvalue weighted by Gasteiger charge is 2.29. The van der Waals surface area contributed by atoms with Gasteiger partial charge in [0.2, 0.25) is 0 Å². The second-order valence-electron chi connectivity index (χ2n) is 6.61. The summed E-state index contributed by atoms with van der Waals surface area (Å²) in [5, 5.41) is 3.22. The summed E-state index contributed by atoms with van der Waals surface area (Å²) in [6.45, 7) is 9.31. The average Bonchev–Trinajstić information content (AvgIpc) is 3.24. The lowest BCUT2D eigenvalue weighted by molar-refractivity contribution is 0.0299. The van der Waals surface area contributed by atoms with Gasteiger partial charge >= 0.3 is 0 Å². The van der Waals surface area contributed by atoms with E-state index in [4.69, 9.17) is 4.74 Å². The van der Waals surface area contributed by atoms with Crippen molar-refractivity contribution in [2.24, 2.45) is 0 Å². The van der Waals surface area contributed by atoms with Gasteiger partial charge in [-0.05, 0) is 13.8 Å². The monoisotopic (exact) mass is 361 g/mol. The lowest BCUT2D eigenvalue weighted by Crippen LogP contribution is -2.40. The van der Waals surface area contributed by atoms with Gasteiger partial charge in [-0.3, -0.25) is 9.69 Å². The number of fused-ring (bicyclic) bond motifs is 1. The summed E-state index contributed by atoms with van der Waals surface area (Å²) in [7, 11) is 0. The van der Waals surface area contributed by atoms with Crippen LogP contribution >= 0.6 is 11.3 Å². The average molecular weight is 361 g/mol. The number of aromatic nitrogens is 3. The summed E-state index contributed by atoms with van der Waals surface area (Å²) >= 11 is 1.70. The van der Waals surface area contributed by atoms with E-state index in [0.717, 1.165) is 36.2 Å². The molecular formula is C17H23N5O2S. The molecule has 0 N–H and O–H groups in total. The molecule has 7 nitrogen and oxygen atoms in total. The number of carbonyl (C=O) groups excluding carboxylic acids is 1. The summed E-state index contributed by atoms with van der Waals surface area (Å²) in [6, 6.07) is 0.171. The molecule has 4 rings (SSSR count). The Bertz CT molecular complexity index is 765. The van der Waals surface area contributed by atoms with Crippen molar-refractivity contribution in [1.82, 2.24) is 24.3 Å². The maximum absolute atomic E-state index is 12.7. The van der Waals surface area contributed by atoms with Gasteiger partial charge in [0, 0.05) is 43.4 Å². The Kier molecular flexibility index (Phi) is 4.58. The topological polar surface area (TPSA) is 63.5 Å². The van der Waals surface area contributed by atoms with Crippen LogP contribution in [0.3, 0.4) is 0 Å². The second-order valence-corrected chi connectivity index (χ2v) is 7.55. The maximum atomic E-state index is 12.7. The van der Waals surface area contributed by atoms with Crippen molar-refractivity contribution in [3.05, 3.63) is 33.8 Å². The van der Waals surface area contributed by atoms with Crippen molar-refractivity contribution in [3.63, 3.8) is 0 Å². The molecule has 0 radical (unpaired) electrons. The molecule has 2 aromatic rings. The minimum atomic E-state index is 0.0134. The van der Waals surface area contributed by atoms with E-state index >= 15 is 0 Å². The van der Waals surface area contributed by atoms with E-state index in [1.807, 2.05) is 18.0 Å². The van der Waals surface area contributed by atoms with Crippen molar-refractivity contribution >= 4 is 17.2 Å². The summed E-state index contributed by atoms with van der Waals surface area (Å²) in [5.41, 5.74) is 1.63. The molecule has 1 fully saturated rings. The molecule has 8 heteroatoms. The Labute approximate surface area is 151 Å². The quantitative estimate of drug-likeness (QED) is 0.833. The van der Waals surface area contributed by atoms with Crippen LogP contribution in [0.2, 0.25) is 0 Å². The number of nitrogens with zero attached hydrogens (tertiary/aromatic N) is 5. The SMILES string of the molecule is Cc1csc(CN2CCn3cc(C(=O)N4CCOCC4)nc3[C@@H]2C)n1. The number of rotatable bonds is 3. The Morgan fingerprint density at radius 2 is 2.08 bits per heavy atom. The molecule has 25 heavy (non-hydrogen) atoms. The molecule has 0 aromatic carbocycles. The zero-order valence-electron chi connectivity index (χ0n) is 14.6. The van der Waals surface area contributed by atoms with Gasteiger partial charge in [-0.1, -0.05) is 0 Å². The van der Waals surface area contributed by atoms with Gasteiger partial charge in [-0.2, -0.15) is 0 Å². The van der Waals surface area contributed by atoms with Gasteiger partial charge < -0.3 is 14.2 Å². The van der Waals surface area contributed by atoms with Crippen LogP contribution in [-0.4, -0.2) is 63.1 Å². The van der Waals surface area contributed by atoms with Crippen LogP contribution in [0.15, 0.2) is 11.6 Å². The van der Waals surface area contributed by atoms with Crippen LogP contribution < -0.4 is 0 Å². The summed E-state index contributed by atoms with van der Waals surface area (Å²) in [6.07, 6.45) is 1.91. The first-order valence-corrected chi connectivity index (χ1v) is 9.59. The summed E-state index contributed by atoms with van der Waals surface area (Å²) in [5.74, 6) is 0.982. The van der Waals surface area contributed by atoms with Gasteiger partial charge in [0.05, 0.1) is 25.8 Å². The van der Waals surface area contributed by atoms with E-state index in [2.05, 4.69) is 31.7 Å². The predicted octanol–water partition coefficient (Wildman–Crippen LogP) is 1.70. The molecule has 0 aliphatic carbocycles. The molecular weight excluding hydrogens is 338 g/mol. The fourth-order valence-corrected chi connectivity index (χ4v) is 4.23. The molecule has 0 saturated carbocycles. The highest BCUT2D eigenvalue weighted by Crippen LogP contribution is 2.27. The van der Waals surface area contributed by atoms with E-state index in [-0.39, 0.29) is 11.9 Å². The first-order chi connectivity index (χ1) is 12.1. The highest BCUT2D eigenvalue weighted by atomic mass is 32.1. The van der Waals surface area contributed by atoms with Crippen LogP contribution in [0.1, 0.15) is 40.0 Å². The number of imidazole rings is 1. The van der Waals surface area contributed by atoms with Gasteiger partial charge in [0.15, 0.2) is 0 Å². The third-order valence-corrected chi connectivity index (χ3v) is 5.83. The molecule has 1 amide bonds. The number of aryl methyl sites for hydroxylation is 1. The molecule has 2 aliphatic rings. The van der Waals surface area contributed by atoms with E-state index in [1.54, 1.807) is 11.3 Å². The number of carbonyl (C=O) groups is 1. The molecule has 0 bridgehead atoms. The summed E-state index contributed by atoms with van der Waals surface area (Å²) in [4.78, 5) is 26.1. The zero-order valence-corrected chi connectivity index (χ0v) is 15.5. The van der Waals surface area contributed by atoms with E-state index in [0.29, 0.717) is 32.0 Å². The van der Waals surface area contributed by atoms with Crippen molar-refractivity contribution in [3.8, 4) is 0 Å². The fraction of sp³-hybridized carbons (Fsp3) is 0.588. The molecule has 1 saturated heterocycles.